The summed E-state index contributed by atoms with van der Waals surface area (Å²) in [5, 5.41) is 15.5. The second-order valence-electron chi connectivity index (χ2n) is 8.28. The Bertz CT molecular complexity index is 1090. The van der Waals surface area contributed by atoms with Gasteiger partial charge in [-0.2, -0.15) is 0 Å². The lowest BCUT2D eigenvalue weighted by molar-refractivity contribution is 0.141. The van der Waals surface area contributed by atoms with E-state index in [9.17, 15) is 9.18 Å². The van der Waals surface area contributed by atoms with Gasteiger partial charge in [-0.25, -0.2) is 14.2 Å². The Kier molecular flexibility index (Phi) is 5.27. The summed E-state index contributed by atoms with van der Waals surface area (Å²) in [5.74, 6) is 1.71. The van der Waals surface area contributed by atoms with Crippen molar-refractivity contribution in [1.29, 1.82) is 0 Å². The summed E-state index contributed by atoms with van der Waals surface area (Å²) in [5.41, 5.74) is 1.62. The molecule has 2 fully saturated rings. The van der Waals surface area contributed by atoms with Crippen LogP contribution in [0.3, 0.4) is 0 Å². The number of aromatic nitrogens is 3. The number of alkyl halides is 1. The summed E-state index contributed by atoms with van der Waals surface area (Å²) >= 11 is 0. The fourth-order valence-corrected chi connectivity index (χ4v) is 4.86. The van der Waals surface area contributed by atoms with Gasteiger partial charge in [-0.15, -0.1) is 10.2 Å². The second kappa shape index (κ2) is 8.22. The van der Waals surface area contributed by atoms with E-state index < -0.39 is 0 Å². The van der Waals surface area contributed by atoms with Gasteiger partial charge in [-0.1, -0.05) is 0 Å². The van der Waals surface area contributed by atoms with Gasteiger partial charge in [-0.05, 0) is 49.9 Å². The number of hydrogen-bond donors (Lipinski definition) is 2. The second-order valence-corrected chi connectivity index (χ2v) is 8.28. The molecule has 1 aromatic carbocycles. The molecule has 2 N–H and O–H groups in total. The minimum Gasteiger partial charge on any atom is -0.441 e. The lowest BCUT2D eigenvalue weighted by Gasteiger charge is -2.39. The number of fused-ring (bicyclic) bond motifs is 3. The minimum absolute atomic E-state index is 0.146. The van der Waals surface area contributed by atoms with Crippen molar-refractivity contribution in [2.75, 3.05) is 18.5 Å². The van der Waals surface area contributed by atoms with Crippen LogP contribution in [0, 0.1) is 6.92 Å². The maximum absolute atomic E-state index is 13.0. The average Bonchev–Trinajstić information content (AvgIpc) is 3.32. The molecule has 2 aliphatic heterocycles. The molecule has 2 saturated heterocycles. The Hall–Kier alpha value is -3.07. The number of aryl methyl sites for hydroxylation is 1. The highest BCUT2D eigenvalue weighted by Gasteiger charge is 2.43. The van der Waals surface area contributed by atoms with E-state index >= 15 is 0 Å². The molecule has 0 radical (unpaired) electrons. The molecule has 0 saturated carbocycles. The van der Waals surface area contributed by atoms with E-state index in [1.807, 2.05) is 29.2 Å². The van der Waals surface area contributed by atoms with Crippen LogP contribution in [0.2, 0.25) is 0 Å². The van der Waals surface area contributed by atoms with Crippen LogP contribution in [0.1, 0.15) is 31.6 Å². The van der Waals surface area contributed by atoms with Gasteiger partial charge in [0.2, 0.25) is 0 Å². The molecule has 9 heteroatoms. The largest absolute Gasteiger partial charge is 0.441 e. The number of anilines is 1. The molecular weight excluding hydrogens is 399 g/mol. The number of amides is 2. The summed E-state index contributed by atoms with van der Waals surface area (Å²) in [7, 11) is 0. The first-order chi connectivity index (χ1) is 15.1. The standard InChI is InChI=1S/C22H25FN6O2/c1-13-25-12-20(31-13)14-2-5-19-15(8-14)9-21(28-27-19)26-22(30)29-17-3-4-18(29)11-16(10-17)24-7-6-23/h2,5,8-9,12,16-18,24H,3-4,6-7,10-11H2,1H3,(H,26,28,30)/t16-,17-,18+. The number of piperidine rings is 1. The van der Waals surface area contributed by atoms with Crippen molar-refractivity contribution in [3.63, 3.8) is 0 Å². The van der Waals surface area contributed by atoms with Crippen LogP contribution in [0.25, 0.3) is 22.2 Å². The molecule has 4 heterocycles. The summed E-state index contributed by atoms with van der Waals surface area (Å²) in [6.07, 6.45) is 5.36. The molecule has 2 aromatic heterocycles. The van der Waals surface area contributed by atoms with E-state index in [0.717, 1.165) is 42.1 Å². The van der Waals surface area contributed by atoms with Crippen molar-refractivity contribution in [2.24, 2.45) is 0 Å². The van der Waals surface area contributed by atoms with Crippen LogP contribution in [0.4, 0.5) is 15.0 Å². The molecule has 2 aliphatic rings. The van der Waals surface area contributed by atoms with Gasteiger partial charge < -0.3 is 14.6 Å². The fraction of sp³-hybridized carbons (Fsp3) is 0.455. The fourth-order valence-electron chi connectivity index (χ4n) is 4.86. The van der Waals surface area contributed by atoms with Crippen LogP contribution in [0.15, 0.2) is 34.9 Å². The van der Waals surface area contributed by atoms with E-state index in [-0.39, 0.29) is 30.8 Å². The Morgan fingerprint density at radius 2 is 2.03 bits per heavy atom. The topological polar surface area (TPSA) is 96.2 Å². The van der Waals surface area contributed by atoms with E-state index in [2.05, 4.69) is 25.8 Å². The van der Waals surface area contributed by atoms with Crippen molar-refractivity contribution < 1.29 is 13.6 Å². The van der Waals surface area contributed by atoms with Gasteiger partial charge in [0.15, 0.2) is 17.5 Å². The van der Waals surface area contributed by atoms with Crippen molar-refractivity contribution >= 4 is 22.8 Å². The first kappa shape index (κ1) is 19.9. The van der Waals surface area contributed by atoms with Crippen LogP contribution in [0.5, 0.6) is 0 Å². The zero-order chi connectivity index (χ0) is 21.4. The third-order valence-corrected chi connectivity index (χ3v) is 6.22. The molecule has 31 heavy (non-hydrogen) atoms. The number of oxazole rings is 1. The molecule has 0 unspecified atom stereocenters. The van der Waals surface area contributed by atoms with E-state index in [0.29, 0.717) is 24.0 Å². The van der Waals surface area contributed by atoms with Gasteiger partial charge in [-0.3, -0.25) is 5.32 Å². The molecule has 0 spiro atoms. The zero-order valence-electron chi connectivity index (χ0n) is 17.3. The number of urea groups is 1. The maximum Gasteiger partial charge on any atom is 0.323 e. The molecule has 2 bridgehead atoms. The van der Waals surface area contributed by atoms with Gasteiger partial charge in [0.25, 0.3) is 0 Å². The summed E-state index contributed by atoms with van der Waals surface area (Å²) in [6.45, 7) is 1.81. The lowest BCUT2D eigenvalue weighted by Crippen LogP contribution is -2.53. The summed E-state index contributed by atoms with van der Waals surface area (Å²) in [4.78, 5) is 19.1. The predicted octanol–water partition coefficient (Wildman–Crippen LogP) is 3.68. The van der Waals surface area contributed by atoms with Crippen LogP contribution in [-0.4, -0.2) is 57.5 Å². The first-order valence-electron chi connectivity index (χ1n) is 10.7. The lowest BCUT2D eigenvalue weighted by atomic mass is 9.97. The van der Waals surface area contributed by atoms with Crippen molar-refractivity contribution in [2.45, 2.75) is 50.7 Å². The molecule has 2 amide bonds. The van der Waals surface area contributed by atoms with Gasteiger partial charge in [0.05, 0.1) is 11.7 Å². The van der Waals surface area contributed by atoms with E-state index in [1.165, 1.54) is 0 Å². The summed E-state index contributed by atoms with van der Waals surface area (Å²) < 4.78 is 18.1. The third-order valence-electron chi connectivity index (χ3n) is 6.22. The Morgan fingerprint density at radius 1 is 1.23 bits per heavy atom. The molecule has 8 nitrogen and oxygen atoms in total. The highest BCUT2D eigenvalue weighted by atomic mass is 19.1. The monoisotopic (exact) mass is 424 g/mol. The van der Waals surface area contributed by atoms with Crippen LogP contribution >= 0.6 is 0 Å². The number of carbonyl (C=O) groups is 1. The number of rotatable bonds is 5. The first-order valence-corrected chi connectivity index (χ1v) is 10.7. The smallest absolute Gasteiger partial charge is 0.323 e. The average molecular weight is 424 g/mol. The van der Waals surface area contributed by atoms with Gasteiger partial charge in [0, 0.05) is 42.5 Å². The van der Waals surface area contributed by atoms with Crippen molar-refractivity contribution in [1.82, 2.24) is 25.4 Å². The zero-order valence-corrected chi connectivity index (χ0v) is 17.3. The Balaban J connectivity index is 1.31. The van der Waals surface area contributed by atoms with E-state index in [1.54, 1.807) is 13.1 Å². The van der Waals surface area contributed by atoms with Gasteiger partial charge in [0.1, 0.15) is 6.67 Å². The number of hydrogen-bond acceptors (Lipinski definition) is 6. The quantitative estimate of drug-likeness (QED) is 0.649. The van der Waals surface area contributed by atoms with E-state index in [4.69, 9.17) is 4.42 Å². The number of nitrogens with one attached hydrogen (secondary N) is 2. The minimum atomic E-state index is -0.367. The predicted molar refractivity (Wildman–Crippen MR) is 114 cm³/mol. The number of carbonyl (C=O) groups excluding carboxylic acids is 1. The van der Waals surface area contributed by atoms with Crippen molar-refractivity contribution in [3.05, 3.63) is 36.4 Å². The van der Waals surface area contributed by atoms with Gasteiger partial charge >= 0.3 is 6.03 Å². The SMILES string of the molecule is Cc1ncc(-c2ccc3nnc(NC(=O)N4[C@@H]5CC[C@H]4C[C@H](NCCF)C5)cc3c2)o1. The molecule has 3 aromatic rings. The third kappa shape index (κ3) is 3.97. The molecule has 162 valence electrons. The number of benzene rings is 1. The Labute approximate surface area is 179 Å². The molecule has 3 atom stereocenters. The van der Waals surface area contributed by atoms with Crippen LogP contribution < -0.4 is 10.6 Å². The van der Waals surface area contributed by atoms with Crippen LogP contribution in [-0.2, 0) is 0 Å². The number of nitrogens with zero attached hydrogens (tertiary/aromatic N) is 4. The number of halogens is 1. The Morgan fingerprint density at radius 3 is 2.74 bits per heavy atom. The highest BCUT2D eigenvalue weighted by Crippen LogP contribution is 2.36. The molecule has 5 rings (SSSR count). The summed E-state index contributed by atoms with van der Waals surface area (Å²) in [6, 6.07) is 8.03. The molecule has 0 aliphatic carbocycles. The normalized spacial score (nSPS) is 22.8. The van der Waals surface area contributed by atoms with Crippen molar-refractivity contribution in [3.8, 4) is 11.3 Å². The highest BCUT2D eigenvalue weighted by molar-refractivity contribution is 5.92. The maximum atomic E-state index is 13.0. The molecular formula is C22H25FN6O2.